The van der Waals surface area contributed by atoms with Gasteiger partial charge in [0.25, 0.3) is 0 Å². The van der Waals surface area contributed by atoms with Gasteiger partial charge in [-0.3, -0.25) is 14.4 Å². The Kier molecular flexibility index (Phi) is 5.00. The molecular weight excluding hydrogens is 382 g/mol. The lowest BCUT2D eigenvalue weighted by Gasteiger charge is -2.36. The molecule has 2 aliphatic rings. The number of fused-ring (bicyclic) bond motifs is 3. The molecule has 146 valence electrons. The van der Waals surface area contributed by atoms with Crippen molar-refractivity contribution in [2.24, 2.45) is 0 Å². The van der Waals surface area contributed by atoms with Crippen LogP contribution in [0.4, 0.5) is 14.5 Å². The Labute approximate surface area is 159 Å². The third-order valence-electron chi connectivity index (χ3n) is 5.26. The van der Waals surface area contributed by atoms with Crippen LogP contribution in [0.3, 0.4) is 0 Å². The number of halogens is 3. The van der Waals surface area contributed by atoms with Crippen LogP contribution in [-0.2, 0) is 0 Å². The van der Waals surface area contributed by atoms with Crippen LogP contribution in [0.5, 0.6) is 0 Å². The SMILES string of the molecule is CNn1cc(C(=O)O)c(=O)c2cc(F)c(N3CCN4CCC3C4)c(F)c21.Cl. The smallest absolute Gasteiger partial charge is 0.341 e. The van der Waals surface area contributed by atoms with Crippen LogP contribution in [0.25, 0.3) is 10.9 Å². The van der Waals surface area contributed by atoms with Gasteiger partial charge >= 0.3 is 5.97 Å². The maximum Gasteiger partial charge on any atom is 0.341 e. The molecule has 2 N–H and O–H groups in total. The highest BCUT2D eigenvalue weighted by atomic mass is 35.5. The maximum absolute atomic E-state index is 15.4. The van der Waals surface area contributed by atoms with Crippen LogP contribution >= 0.6 is 12.4 Å². The van der Waals surface area contributed by atoms with Gasteiger partial charge in [0.1, 0.15) is 22.6 Å². The molecule has 7 nitrogen and oxygen atoms in total. The average molecular weight is 401 g/mol. The van der Waals surface area contributed by atoms with Crippen molar-refractivity contribution in [1.82, 2.24) is 9.58 Å². The van der Waals surface area contributed by atoms with Crippen molar-refractivity contribution in [2.75, 3.05) is 43.6 Å². The summed E-state index contributed by atoms with van der Waals surface area (Å²) in [6.07, 6.45) is 1.85. The molecule has 1 aromatic heterocycles. The number of hydrogen-bond acceptors (Lipinski definition) is 5. The highest BCUT2D eigenvalue weighted by Crippen LogP contribution is 2.34. The molecule has 4 rings (SSSR count). The van der Waals surface area contributed by atoms with Crippen molar-refractivity contribution < 1.29 is 18.7 Å². The van der Waals surface area contributed by atoms with E-state index >= 15 is 4.39 Å². The molecule has 2 aromatic rings. The number of benzene rings is 1. The second-order valence-electron chi connectivity index (χ2n) is 6.62. The summed E-state index contributed by atoms with van der Waals surface area (Å²) in [6.45, 7) is 2.89. The number of aromatic nitrogens is 1. The van der Waals surface area contributed by atoms with Gasteiger partial charge in [-0.15, -0.1) is 12.4 Å². The van der Waals surface area contributed by atoms with Gasteiger partial charge < -0.3 is 15.4 Å². The van der Waals surface area contributed by atoms with Crippen molar-refractivity contribution >= 4 is 35.0 Å². The summed E-state index contributed by atoms with van der Waals surface area (Å²) < 4.78 is 31.3. The fourth-order valence-electron chi connectivity index (χ4n) is 3.99. The molecule has 2 bridgehead atoms. The molecule has 0 radical (unpaired) electrons. The van der Waals surface area contributed by atoms with Gasteiger partial charge in [0.2, 0.25) is 5.43 Å². The van der Waals surface area contributed by atoms with Gasteiger partial charge in [0, 0.05) is 45.5 Å². The summed E-state index contributed by atoms with van der Waals surface area (Å²) >= 11 is 0. The minimum absolute atomic E-state index is 0. The van der Waals surface area contributed by atoms with Gasteiger partial charge in [0.05, 0.1) is 5.39 Å². The quantitative estimate of drug-likeness (QED) is 0.812. The molecule has 2 saturated heterocycles. The number of nitrogens with zero attached hydrogens (tertiary/aromatic N) is 3. The Morgan fingerprint density at radius 3 is 2.70 bits per heavy atom. The van der Waals surface area contributed by atoms with Crippen LogP contribution < -0.4 is 15.8 Å². The minimum atomic E-state index is -1.45. The minimum Gasteiger partial charge on any atom is -0.477 e. The van der Waals surface area contributed by atoms with Crippen LogP contribution in [0.1, 0.15) is 16.8 Å². The summed E-state index contributed by atoms with van der Waals surface area (Å²) in [4.78, 5) is 27.6. The van der Waals surface area contributed by atoms with E-state index in [1.807, 2.05) is 0 Å². The van der Waals surface area contributed by atoms with E-state index in [1.165, 1.54) is 7.05 Å². The van der Waals surface area contributed by atoms with E-state index in [-0.39, 0.29) is 35.0 Å². The largest absolute Gasteiger partial charge is 0.477 e. The van der Waals surface area contributed by atoms with E-state index in [4.69, 9.17) is 0 Å². The number of pyridine rings is 1. The van der Waals surface area contributed by atoms with E-state index in [0.717, 1.165) is 43.0 Å². The molecule has 0 aliphatic carbocycles. The molecular formula is C17H19ClF2N4O3. The predicted octanol–water partition coefficient (Wildman–Crippen LogP) is 1.47. The van der Waals surface area contributed by atoms with Gasteiger partial charge in [-0.2, -0.15) is 0 Å². The fourth-order valence-corrected chi connectivity index (χ4v) is 3.99. The Morgan fingerprint density at radius 2 is 2.04 bits per heavy atom. The molecule has 1 aromatic carbocycles. The zero-order valence-electron chi connectivity index (χ0n) is 14.5. The van der Waals surface area contributed by atoms with E-state index in [0.29, 0.717) is 6.54 Å². The number of carbonyl (C=O) groups is 1. The number of aromatic carboxylic acids is 1. The highest BCUT2D eigenvalue weighted by Gasteiger charge is 2.36. The van der Waals surface area contributed by atoms with Gasteiger partial charge in [-0.25, -0.2) is 13.6 Å². The summed E-state index contributed by atoms with van der Waals surface area (Å²) in [5.41, 5.74) is 0.870. The number of nitrogens with one attached hydrogen (secondary N) is 1. The van der Waals surface area contributed by atoms with Crippen molar-refractivity contribution in [1.29, 1.82) is 0 Å². The fraction of sp³-hybridized carbons (Fsp3) is 0.412. The van der Waals surface area contributed by atoms with E-state index in [1.54, 1.807) is 4.90 Å². The lowest BCUT2D eigenvalue weighted by atomic mass is 10.1. The molecule has 10 heteroatoms. The Balaban J connectivity index is 0.00000210. The number of piperazine rings is 1. The van der Waals surface area contributed by atoms with Crippen LogP contribution in [-0.4, -0.2) is 59.9 Å². The predicted molar refractivity (Wildman–Crippen MR) is 99.8 cm³/mol. The molecule has 2 aliphatic heterocycles. The lowest BCUT2D eigenvalue weighted by Crippen LogP contribution is -2.47. The lowest BCUT2D eigenvalue weighted by molar-refractivity contribution is 0.0695. The van der Waals surface area contributed by atoms with Crippen LogP contribution in [0, 0.1) is 11.6 Å². The highest BCUT2D eigenvalue weighted by molar-refractivity contribution is 5.94. The zero-order valence-corrected chi connectivity index (χ0v) is 15.4. The van der Waals surface area contributed by atoms with Crippen LogP contribution in [0.15, 0.2) is 17.1 Å². The summed E-state index contributed by atoms with van der Waals surface area (Å²) in [6, 6.07) is 0.968. The van der Waals surface area contributed by atoms with Crippen molar-refractivity contribution in [2.45, 2.75) is 12.5 Å². The summed E-state index contributed by atoms with van der Waals surface area (Å²) in [5.74, 6) is -3.16. The van der Waals surface area contributed by atoms with Crippen molar-refractivity contribution in [3.8, 4) is 0 Å². The number of carboxylic acid groups (broad SMARTS) is 1. The molecule has 0 spiro atoms. The second-order valence-corrected chi connectivity index (χ2v) is 6.62. The number of rotatable bonds is 3. The van der Waals surface area contributed by atoms with Crippen molar-refractivity contribution in [3.05, 3.63) is 39.7 Å². The molecule has 0 amide bonds. The number of carboxylic acids is 1. The Hall–Kier alpha value is -2.39. The van der Waals surface area contributed by atoms with E-state index in [2.05, 4.69) is 10.3 Å². The monoisotopic (exact) mass is 400 g/mol. The third kappa shape index (κ3) is 2.90. The third-order valence-corrected chi connectivity index (χ3v) is 5.26. The van der Waals surface area contributed by atoms with Crippen molar-refractivity contribution in [3.63, 3.8) is 0 Å². The van der Waals surface area contributed by atoms with E-state index in [9.17, 15) is 19.1 Å². The average Bonchev–Trinajstić information content (AvgIpc) is 2.99. The normalized spacial score (nSPS) is 21.2. The Morgan fingerprint density at radius 1 is 1.30 bits per heavy atom. The van der Waals surface area contributed by atoms with Gasteiger partial charge in [-0.05, 0) is 12.5 Å². The first-order chi connectivity index (χ1) is 12.4. The second kappa shape index (κ2) is 6.97. The first-order valence-electron chi connectivity index (χ1n) is 8.39. The Bertz CT molecular complexity index is 981. The molecule has 3 heterocycles. The molecule has 0 saturated carbocycles. The molecule has 27 heavy (non-hydrogen) atoms. The van der Waals surface area contributed by atoms with Gasteiger partial charge in [-0.1, -0.05) is 0 Å². The number of anilines is 1. The standard InChI is InChI=1S/C17H18F2N4O3.ClH/c1-20-23-8-11(17(25)26)16(24)10-6-12(18)15(13(19)14(10)23)22-5-4-21-3-2-9(22)7-21;/h6,8-9,20H,2-5,7H2,1H3,(H,25,26);1H. The maximum atomic E-state index is 15.4. The van der Waals surface area contributed by atoms with Gasteiger partial charge in [0.15, 0.2) is 5.82 Å². The summed E-state index contributed by atoms with van der Waals surface area (Å²) in [7, 11) is 1.47. The number of hydrogen-bond donors (Lipinski definition) is 2. The summed E-state index contributed by atoms with van der Waals surface area (Å²) in [5, 5.41) is 8.87. The van der Waals surface area contributed by atoms with E-state index < -0.39 is 28.6 Å². The molecule has 2 atom stereocenters. The first kappa shape index (κ1) is 19.4. The first-order valence-corrected chi connectivity index (χ1v) is 8.39. The zero-order chi connectivity index (χ0) is 18.6. The topological polar surface area (TPSA) is 77.8 Å². The molecule has 2 unspecified atom stereocenters. The molecule has 2 fully saturated rings. The van der Waals surface area contributed by atoms with Crippen LogP contribution in [0.2, 0.25) is 0 Å².